The molecule has 192 valence electrons. The Balaban J connectivity index is 1.85. The average molecular weight is 491 g/mol. The average Bonchev–Trinajstić information content (AvgIpc) is 3.40. The first-order valence-corrected chi connectivity index (χ1v) is 12.0. The molecule has 2 aliphatic heterocycles. The van der Waals surface area contributed by atoms with Crippen LogP contribution in [0.4, 0.5) is 0 Å². The smallest absolute Gasteiger partial charge is 0.274 e. The molecule has 35 heavy (non-hydrogen) atoms. The van der Waals surface area contributed by atoms with Gasteiger partial charge >= 0.3 is 0 Å². The largest absolute Gasteiger partial charge is 0.443 e. The first-order chi connectivity index (χ1) is 16.6. The lowest BCUT2D eigenvalue weighted by Gasteiger charge is -2.25. The maximum atomic E-state index is 13.3. The van der Waals surface area contributed by atoms with Gasteiger partial charge in [0.2, 0.25) is 29.5 Å². The molecular weight excluding hydrogens is 456 g/mol. The molecule has 0 aromatic carbocycles. The first kappa shape index (κ1) is 26.2. The SMILES string of the molecule is Cc1oc2nc1C(=O)N[C@H](C)C(=O)NCCCC[C@H](NC(=O)[C@H]1CCC(=O)N1)C(=O)N[C@H]2C(C)C. The molecule has 2 bridgehead atoms. The van der Waals surface area contributed by atoms with E-state index in [4.69, 9.17) is 4.42 Å². The molecule has 3 heterocycles. The molecule has 1 saturated heterocycles. The highest BCUT2D eigenvalue weighted by atomic mass is 16.4. The zero-order valence-electron chi connectivity index (χ0n) is 20.5. The van der Waals surface area contributed by atoms with Gasteiger partial charge in [0.15, 0.2) is 5.69 Å². The van der Waals surface area contributed by atoms with E-state index in [0.717, 1.165) is 0 Å². The van der Waals surface area contributed by atoms with Gasteiger partial charge in [0.1, 0.15) is 29.9 Å². The third-order valence-electron chi connectivity index (χ3n) is 6.16. The summed E-state index contributed by atoms with van der Waals surface area (Å²) < 4.78 is 5.73. The fraction of sp³-hybridized carbons (Fsp3) is 0.652. The van der Waals surface area contributed by atoms with E-state index in [0.29, 0.717) is 32.2 Å². The van der Waals surface area contributed by atoms with E-state index in [-0.39, 0.29) is 41.5 Å². The van der Waals surface area contributed by atoms with E-state index >= 15 is 0 Å². The summed E-state index contributed by atoms with van der Waals surface area (Å²) in [5, 5.41) is 13.7. The summed E-state index contributed by atoms with van der Waals surface area (Å²) in [6, 6.07) is -2.96. The van der Waals surface area contributed by atoms with Gasteiger partial charge in [0.25, 0.3) is 5.91 Å². The molecule has 12 nitrogen and oxygen atoms in total. The van der Waals surface area contributed by atoms with E-state index in [1.807, 2.05) is 13.8 Å². The molecule has 1 aromatic rings. The van der Waals surface area contributed by atoms with E-state index < -0.39 is 41.9 Å². The number of fused-ring (bicyclic) bond motifs is 2. The fourth-order valence-electron chi connectivity index (χ4n) is 4.05. The van der Waals surface area contributed by atoms with Crippen LogP contribution in [0.25, 0.3) is 0 Å². The number of hydrogen-bond donors (Lipinski definition) is 5. The molecule has 0 radical (unpaired) electrons. The number of rotatable bonds is 3. The van der Waals surface area contributed by atoms with E-state index in [1.54, 1.807) is 13.8 Å². The molecule has 3 rings (SSSR count). The van der Waals surface area contributed by atoms with Gasteiger partial charge in [-0.2, -0.15) is 0 Å². The second-order valence-corrected chi connectivity index (χ2v) is 9.39. The van der Waals surface area contributed by atoms with Crippen molar-refractivity contribution in [1.29, 1.82) is 0 Å². The maximum Gasteiger partial charge on any atom is 0.274 e. The van der Waals surface area contributed by atoms with Crippen molar-refractivity contribution < 1.29 is 28.4 Å². The van der Waals surface area contributed by atoms with Crippen molar-refractivity contribution in [3.05, 3.63) is 17.3 Å². The minimum absolute atomic E-state index is 0.0356. The third-order valence-corrected chi connectivity index (χ3v) is 6.16. The van der Waals surface area contributed by atoms with Crippen molar-refractivity contribution in [2.75, 3.05) is 6.54 Å². The van der Waals surface area contributed by atoms with Crippen LogP contribution in [0.1, 0.15) is 81.1 Å². The lowest BCUT2D eigenvalue weighted by atomic mass is 10.0. The highest BCUT2D eigenvalue weighted by Gasteiger charge is 2.33. The lowest BCUT2D eigenvalue weighted by molar-refractivity contribution is -0.131. The predicted molar refractivity (Wildman–Crippen MR) is 124 cm³/mol. The Morgan fingerprint density at radius 2 is 1.80 bits per heavy atom. The number of aryl methyl sites for hydroxylation is 1. The number of carbonyl (C=O) groups is 5. The fourth-order valence-corrected chi connectivity index (χ4v) is 4.05. The monoisotopic (exact) mass is 490 g/mol. The third kappa shape index (κ3) is 6.58. The Morgan fingerprint density at radius 1 is 1.06 bits per heavy atom. The summed E-state index contributed by atoms with van der Waals surface area (Å²) in [6.45, 7) is 7.26. The number of aromatic nitrogens is 1. The quantitative estimate of drug-likeness (QED) is 0.396. The summed E-state index contributed by atoms with van der Waals surface area (Å²) in [7, 11) is 0. The Hall–Kier alpha value is -3.44. The molecule has 5 N–H and O–H groups in total. The van der Waals surface area contributed by atoms with Crippen molar-refractivity contribution >= 4 is 29.5 Å². The maximum absolute atomic E-state index is 13.3. The Kier molecular flexibility index (Phi) is 8.47. The van der Waals surface area contributed by atoms with Gasteiger partial charge in [-0.15, -0.1) is 0 Å². The van der Waals surface area contributed by atoms with Crippen molar-refractivity contribution in [2.24, 2.45) is 5.92 Å². The molecule has 1 aromatic heterocycles. The molecular formula is C23H34N6O6. The van der Waals surface area contributed by atoms with Crippen LogP contribution in [0, 0.1) is 12.8 Å². The van der Waals surface area contributed by atoms with Crippen LogP contribution in [0.3, 0.4) is 0 Å². The van der Waals surface area contributed by atoms with Crippen LogP contribution in [0.5, 0.6) is 0 Å². The normalized spacial score (nSPS) is 26.5. The number of hydrogen-bond acceptors (Lipinski definition) is 7. The summed E-state index contributed by atoms with van der Waals surface area (Å²) >= 11 is 0. The molecule has 4 atom stereocenters. The molecule has 1 fully saturated rings. The van der Waals surface area contributed by atoms with Gasteiger partial charge in [-0.1, -0.05) is 13.8 Å². The zero-order valence-corrected chi connectivity index (χ0v) is 20.5. The molecule has 5 amide bonds. The summed E-state index contributed by atoms with van der Waals surface area (Å²) in [4.78, 5) is 66.8. The van der Waals surface area contributed by atoms with Gasteiger partial charge in [0.05, 0.1) is 0 Å². The van der Waals surface area contributed by atoms with Crippen molar-refractivity contribution in [3.63, 3.8) is 0 Å². The second kappa shape index (κ2) is 11.3. The molecule has 0 aliphatic carbocycles. The van der Waals surface area contributed by atoms with Gasteiger partial charge in [-0.05, 0) is 45.4 Å². The summed E-state index contributed by atoms with van der Waals surface area (Å²) in [5.74, 6) is -1.65. The van der Waals surface area contributed by atoms with Crippen LogP contribution in [-0.4, -0.2) is 59.2 Å². The number of oxazole rings is 1. The van der Waals surface area contributed by atoms with Crippen molar-refractivity contribution in [3.8, 4) is 0 Å². The summed E-state index contributed by atoms with van der Waals surface area (Å²) in [6.07, 6.45) is 2.09. The number of nitrogens with one attached hydrogen (secondary N) is 5. The summed E-state index contributed by atoms with van der Waals surface area (Å²) in [5.41, 5.74) is 0.0356. The van der Waals surface area contributed by atoms with Crippen LogP contribution in [0.2, 0.25) is 0 Å². The van der Waals surface area contributed by atoms with E-state index in [2.05, 4.69) is 31.6 Å². The molecule has 2 aliphatic rings. The number of amides is 5. The molecule has 0 spiro atoms. The van der Waals surface area contributed by atoms with Crippen LogP contribution in [-0.2, 0) is 19.2 Å². The van der Waals surface area contributed by atoms with Crippen molar-refractivity contribution in [2.45, 2.75) is 84.0 Å². The number of carbonyl (C=O) groups excluding carboxylic acids is 5. The van der Waals surface area contributed by atoms with Crippen molar-refractivity contribution in [1.82, 2.24) is 31.6 Å². The van der Waals surface area contributed by atoms with Crippen LogP contribution >= 0.6 is 0 Å². The Labute approximate surface area is 203 Å². The zero-order chi connectivity index (χ0) is 25.7. The Morgan fingerprint density at radius 3 is 2.46 bits per heavy atom. The van der Waals surface area contributed by atoms with Gasteiger partial charge in [-0.3, -0.25) is 24.0 Å². The van der Waals surface area contributed by atoms with Gasteiger partial charge < -0.3 is 31.0 Å². The highest BCUT2D eigenvalue weighted by molar-refractivity contribution is 5.97. The minimum Gasteiger partial charge on any atom is -0.443 e. The standard InChI is InChI=1S/C23H34N6O6/c1-11(2)17-23-29-18(13(4)35-23)22(34)25-12(3)19(31)24-10-6-5-7-14(21(33)28-17)27-20(32)15-8-9-16(30)26-15/h11-12,14-15,17H,5-10H2,1-4H3,(H,24,31)(H,25,34)(H,26,30)(H,27,32)(H,28,33)/t12-,14+,15-,17+/m1/s1. The van der Waals surface area contributed by atoms with Gasteiger partial charge in [-0.25, -0.2) is 4.98 Å². The molecule has 12 heteroatoms. The minimum atomic E-state index is -0.859. The first-order valence-electron chi connectivity index (χ1n) is 12.0. The van der Waals surface area contributed by atoms with E-state index in [1.165, 1.54) is 0 Å². The van der Waals surface area contributed by atoms with Gasteiger partial charge in [0, 0.05) is 13.0 Å². The topological polar surface area (TPSA) is 172 Å². The lowest BCUT2D eigenvalue weighted by Crippen LogP contribution is -2.52. The highest BCUT2D eigenvalue weighted by Crippen LogP contribution is 2.24. The van der Waals surface area contributed by atoms with Crippen LogP contribution in [0.15, 0.2) is 4.42 Å². The Bertz CT molecular complexity index is 989. The predicted octanol–water partition coefficient (Wildman–Crippen LogP) is -0.0219. The van der Waals surface area contributed by atoms with E-state index in [9.17, 15) is 24.0 Å². The molecule has 0 saturated carbocycles. The van der Waals surface area contributed by atoms with Crippen LogP contribution < -0.4 is 26.6 Å². The molecule has 0 unspecified atom stereocenters. The number of nitrogens with zero attached hydrogens (tertiary/aromatic N) is 1. The second-order valence-electron chi connectivity index (χ2n) is 9.39.